The topological polar surface area (TPSA) is 30.8 Å². The van der Waals surface area contributed by atoms with Gasteiger partial charge in [-0.3, -0.25) is 0 Å². The van der Waals surface area contributed by atoms with Crippen molar-refractivity contribution in [2.75, 3.05) is 6.61 Å². The van der Waals surface area contributed by atoms with E-state index in [1.54, 1.807) is 0 Å². The van der Waals surface area contributed by atoms with Crippen LogP contribution >= 0.6 is 0 Å². The molecule has 0 amide bonds. The molecule has 2 aliphatic heterocycles. The quantitative estimate of drug-likeness (QED) is 0.702. The third kappa shape index (κ3) is 3.60. The van der Waals surface area contributed by atoms with Crippen LogP contribution in [0.2, 0.25) is 0 Å². The molecule has 0 aliphatic carbocycles. The maximum absolute atomic E-state index is 12.9. The molecule has 3 nitrogen and oxygen atoms in total. The largest absolute Gasteiger partial charge is 0.469 e. The normalized spacial score (nSPS) is 21.3. The highest BCUT2D eigenvalue weighted by molar-refractivity contribution is 5.95. The number of rotatable bonds is 1. The molecule has 2 aromatic carbocycles. The highest BCUT2D eigenvalue weighted by atomic mass is 19.4. The van der Waals surface area contributed by atoms with Gasteiger partial charge in [-0.05, 0) is 35.4 Å². The van der Waals surface area contributed by atoms with Crippen LogP contribution in [0.15, 0.2) is 53.5 Å². The molecule has 2 heterocycles. The van der Waals surface area contributed by atoms with Gasteiger partial charge in [0.1, 0.15) is 6.04 Å². The maximum Gasteiger partial charge on any atom is 0.416 e. The molecule has 0 radical (unpaired) electrons. The van der Waals surface area contributed by atoms with Crippen molar-refractivity contribution in [2.45, 2.75) is 38.8 Å². The zero-order valence-electron chi connectivity index (χ0n) is 14.6. The smallest absolute Gasteiger partial charge is 0.416 e. The minimum absolute atomic E-state index is 0.131. The first-order valence-electron chi connectivity index (χ1n) is 8.60. The minimum Gasteiger partial charge on any atom is -0.469 e. The second-order valence-corrected chi connectivity index (χ2v) is 5.83. The van der Waals surface area contributed by atoms with Crippen LogP contribution in [0.25, 0.3) is 0 Å². The number of nitrogens with zero attached hydrogens (tertiary/aromatic N) is 1. The van der Waals surface area contributed by atoms with Crippen molar-refractivity contribution < 1.29 is 22.6 Å². The van der Waals surface area contributed by atoms with Gasteiger partial charge in [-0.25, -0.2) is 4.99 Å². The molecule has 0 fully saturated rings. The van der Waals surface area contributed by atoms with Crippen molar-refractivity contribution >= 4 is 5.90 Å². The van der Waals surface area contributed by atoms with Gasteiger partial charge in [0.25, 0.3) is 0 Å². The van der Waals surface area contributed by atoms with Gasteiger partial charge in [0.05, 0.1) is 18.8 Å². The van der Waals surface area contributed by atoms with Crippen LogP contribution in [0.1, 0.15) is 42.1 Å². The van der Waals surface area contributed by atoms with E-state index in [0.29, 0.717) is 18.1 Å². The minimum atomic E-state index is -4.37. The Labute approximate surface area is 150 Å². The lowest BCUT2D eigenvalue weighted by Crippen LogP contribution is -2.21. The van der Waals surface area contributed by atoms with Crippen molar-refractivity contribution in [3.63, 3.8) is 0 Å². The van der Waals surface area contributed by atoms with E-state index in [0.717, 1.165) is 23.3 Å². The van der Waals surface area contributed by atoms with Crippen molar-refractivity contribution in [3.8, 4) is 0 Å². The number of aliphatic imine (C=N–C) groups is 1. The van der Waals surface area contributed by atoms with E-state index in [2.05, 4.69) is 4.99 Å². The summed E-state index contributed by atoms with van der Waals surface area (Å²) in [7, 11) is 0. The number of benzene rings is 2. The van der Waals surface area contributed by atoms with Gasteiger partial charge < -0.3 is 9.47 Å². The third-order valence-corrected chi connectivity index (χ3v) is 4.22. The molecule has 138 valence electrons. The predicted molar refractivity (Wildman–Crippen MR) is 93.0 cm³/mol. The van der Waals surface area contributed by atoms with Gasteiger partial charge in [-0.2, -0.15) is 13.2 Å². The molecule has 0 N–H and O–H groups in total. The Hall–Kier alpha value is -2.34. The molecule has 0 bridgehead atoms. The highest BCUT2D eigenvalue weighted by Crippen LogP contribution is 2.38. The zero-order valence-corrected chi connectivity index (χ0v) is 14.6. The van der Waals surface area contributed by atoms with Crippen LogP contribution in [-0.4, -0.2) is 18.6 Å². The Morgan fingerprint density at radius 2 is 1.77 bits per heavy atom. The van der Waals surface area contributed by atoms with Crippen molar-refractivity contribution in [1.29, 1.82) is 0 Å². The van der Waals surface area contributed by atoms with E-state index in [-0.39, 0.29) is 18.8 Å². The Kier molecular flexibility index (Phi) is 5.32. The maximum atomic E-state index is 12.9. The summed E-state index contributed by atoms with van der Waals surface area (Å²) in [6.45, 7) is 4.42. The van der Waals surface area contributed by atoms with E-state index in [9.17, 15) is 13.2 Å². The van der Waals surface area contributed by atoms with Crippen LogP contribution in [0.4, 0.5) is 13.2 Å². The summed E-state index contributed by atoms with van der Waals surface area (Å²) in [6, 6.07) is 12.8. The Morgan fingerprint density at radius 3 is 2.46 bits per heavy atom. The first-order chi connectivity index (χ1) is 12.5. The average molecular weight is 363 g/mol. The monoisotopic (exact) mass is 363 g/mol. The fourth-order valence-corrected chi connectivity index (χ4v) is 3.05. The molecule has 2 aliphatic rings. The molecule has 0 saturated heterocycles. The predicted octanol–water partition coefficient (Wildman–Crippen LogP) is 5.15. The molecule has 26 heavy (non-hydrogen) atoms. The molecule has 4 rings (SSSR count). The molecule has 2 aromatic rings. The van der Waals surface area contributed by atoms with Gasteiger partial charge in [0, 0.05) is 5.56 Å². The summed E-state index contributed by atoms with van der Waals surface area (Å²) in [5.74, 6) is 0.502. The fraction of sp³-hybridized carbons (Fsp3) is 0.350. The Balaban J connectivity index is 0.000000948. The van der Waals surface area contributed by atoms with Crippen molar-refractivity contribution in [2.24, 2.45) is 4.99 Å². The lowest BCUT2D eigenvalue weighted by Gasteiger charge is -2.16. The summed E-state index contributed by atoms with van der Waals surface area (Å²) in [5.41, 5.74) is 1.42. The number of hydrogen-bond donors (Lipinski definition) is 0. The SMILES string of the molecule is CC.FC(F)(F)c1ccc2c(c1)COCC1OC(c3ccccc3)=NC21. The van der Waals surface area contributed by atoms with Crippen LogP contribution < -0.4 is 0 Å². The summed E-state index contributed by atoms with van der Waals surface area (Å²) in [4.78, 5) is 4.61. The molecule has 6 heteroatoms. The molecular weight excluding hydrogens is 343 g/mol. The van der Waals surface area contributed by atoms with Crippen molar-refractivity contribution in [3.05, 3.63) is 70.8 Å². The number of ether oxygens (including phenoxy) is 2. The van der Waals surface area contributed by atoms with Crippen molar-refractivity contribution in [1.82, 2.24) is 0 Å². The van der Waals surface area contributed by atoms with Crippen LogP contribution in [-0.2, 0) is 22.3 Å². The fourth-order valence-electron chi connectivity index (χ4n) is 3.05. The number of hydrogen-bond acceptors (Lipinski definition) is 3. The Morgan fingerprint density at radius 1 is 1.04 bits per heavy atom. The second kappa shape index (κ2) is 7.50. The lowest BCUT2D eigenvalue weighted by atomic mass is 9.96. The number of fused-ring (bicyclic) bond motifs is 3. The summed E-state index contributed by atoms with van der Waals surface area (Å²) < 4.78 is 50.2. The Bertz CT molecular complexity index is 787. The lowest BCUT2D eigenvalue weighted by molar-refractivity contribution is -0.137. The number of alkyl halides is 3. The van der Waals surface area contributed by atoms with Crippen LogP contribution in [0.5, 0.6) is 0 Å². The first kappa shape index (κ1) is 18.5. The summed E-state index contributed by atoms with van der Waals surface area (Å²) in [5, 5.41) is 0. The summed E-state index contributed by atoms with van der Waals surface area (Å²) >= 11 is 0. The highest BCUT2D eigenvalue weighted by Gasteiger charge is 2.38. The molecule has 0 saturated carbocycles. The zero-order chi connectivity index (χ0) is 18.7. The van der Waals surface area contributed by atoms with E-state index in [1.807, 2.05) is 44.2 Å². The third-order valence-electron chi connectivity index (χ3n) is 4.22. The molecule has 0 spiro atoms. The van der Waals surface area contributed by atoms with E-state index in [1.165, 1.54) is 6.07 Å². The first-order valence-corrected chi connectivity index (χ1v) is 8.60. The standard InChI is InChI=1S/C18H14F3NO2.C2H6/c19-18(20,21)13-6-7-14-12(8-13)9-23-10-15-16(14)22-17(24-15)11-4-2-1-3-5-11;1-2/h1-8,15-16H,9-10H2;1-2H3. The van der Waals surface area contributed by atoms with Gasteiger partial charge >= 0.3 is 6.18 Å². The second-order valence-electron chi connectivity index (χ2n) is 5.83. The summed E-state index contributed by atoms with van der Waals surface area (Å²) in [6.07, 6.45) is -4.69. The van der Waals surface area contributed by atoms with Gasteiger partial charge in [0.15, 0.2) is 6.10 Å². The molecule has 2 unspecified atom stereocenters. The van der Waals surface area contributed by atoms with Gasteiger partial charge in [0.2, 0.25) is 5.90 Å². The van der Waals surface area contributed by atoms with E-state index < -0.39 is 11.7 Å². The van der Waals surface area contributed by atoms with Crippen LogP contribution in [0, 0.1) is 0 Å². The van der Waals surface area contributed by atoms with Gasteiger partial charge in [-0.15, -0.1) is 0 Å². The van der Waals surface area contributed by atoms with E-state index >= 15 is 0 Å². The molecule has 0 aromatic heterocycles. The molecular formula is C20H20F3NO2. The van der Waals surface area contributed by atoms with Crippen LogP contribution in [0.3, 0.4) is 0 Å². The average Bonchev–Trinajstić information content (AvgIpc) is 3.00. The number of halogens is 3. The molecule has 2 atom stereocenters. The van der Waals surface area contributed by atoms with E-state index in [4.69, 9.17) is 9.47 Å². The van der Waals surface area contributed by atoms with Gasteiger partial charge in [-0.1, -0.05) is 38.1 Å².